The van der Waals surface area contributed by atoms with Gasteiger partial charge >= 0.3 is 5.97 Å². The van der Waals surface area contributed by atoms with Crippen LogP contribution in [-0.4, -0.2) is 47.4 Å². The fraction of sp³-hybridized carbons (Fsp3) is 0.945. The number of hydrogen-bond acceptors (Lipinski definition) is 5. The summed E-state index contributed by atoms with van der Waals surface area (Å²) in [5, 5.41) is 23.2. The summed E-state index contributed by atoms with van der Waals surface area (Å²) in [6.45, 7) is 4.97. The van der Waals surface area contributed by atoms with Crippen molar-refractivity contribution in [1.29, 1.82) is 0 Å². The van der Waals surface area contributed by atoms with Crippen LogP contribution >= 0.6 is 0 Å². The Hall–Kier alpha value is -1.40. The highest BCUT2D eigenvalue weighted by Gasteiger charge is 2.20. The average Bonchev–Trinajstić information content (AvgIpc) is 3.45. The van der Waals surface area contributed by atoms with E-state index in [1.807, 2.05) is 0 Å². The van der Waals surface area contributed by atoms with Crippen molar-refractivity contribution in [2.75, 3.05) is 13.2 Å². The number of unbranched alkanes of at least 4 members (excludes halogenated alkanes) is 56. The van der Waals surface area contributed by atoms with Crippen molar-refractivity contribution < 1.29 is 24.5 Å². The highest BCUT2D eigenvalue weighted by atomic mass is 16.5. The van der Waals surface area contributed by atoms with Crippen LogP contribution < -0.4 is 5.32 Å². The maximum atomic E-state index is 12.4. The number of rotatable bonds is 69. The maximum Gasteiger partial charge on any atom is 0.305 e. The van der Waals surface area contributed by atoms with E-state index in [0.717, 1.165) is 38.5 Å². The Bertz CT molecular complexity index is 1190. The van der Waals surface area contributed by atoms with Crippen LogP contribution in [0.2, 0.25) is 0 Å². The van der Waals surface area contributed by atoms with Crippen molar-refractivity contribution in [1.82, 2.24) is 5.32 Å². The third-order valence-electron chi connectivity index (χ3n) is 17.3. The van der Waals surface area contributed by atoms with Gasteiger partial charge in [0.05, 0.1) is 25.4 Å². The van der Waals surface area contributed by atoms with Gasteiger partial charge in [-0.25, -0.2) is 0 Å². The van der Waals surface area contributed by atoms with Crippen molar-refractivity contribution in [3.63, 3.8) is 0 Å². The summed E-state index contributed by atoms with van der Waals surface area (Å²) >= 11 is 0. The van der Waals surface area contributed by atoms with E-state index in [1.54, 1.807) is 0 Å². The van der Waals surface area contributed by atoms with Gasteiger partial charge in [0.2, 0.25) is 5.91 Å². The number of esters is 1. The zero-order valence-corrected chi connectivity index (χ0v) is 53.9. The summed E-state index contributed by atoms with van der Waals surface area (Å²) < 4.78 is 5.51. The van der Waals surface area contributed by atoms with Crippen molar-refractivity contribution >= 4 is 11.9 Å². The van der Waals surface area contributed by atoms with Gasteiger partial charge < -0.3 is 20.3 Å². The molecule has 0 aromatic heterocycles. The van der Waals surface area contributed by atoms with Gasteiger partial charge in [0, 0.05) is 12.8 Å². The highest BCUT2D eigenvalue weighted by Crippen LogP contribution is 2.19. The molecule has 3 N–H and O–H groups in total. The lowest BCUT2D eigenvalue weighted by molar-refractivity contribution is -0.143. The van der Waals surface area contributed by atoms with Gasteiger partial charge in [-0.3, -0.25) is 9.59 Å². The molecule has 0 spiro atoms. The molecule has 6 nitrogen and oxygen atoms in total. The van der Waals surface area contributed by atoms with Crippen molar-refractivity contribution in [3.8, 4) is 0 Å². The van der Waals surface area contributed by atoms with E-state index in [4.69, 9.17) is 4.74 Å². The van der Waals surface area contributed by atoms with Gasteiger partial charge in [0.1, 0.15) is 0 Å². The predicted molar refractivity (Wildman–Crippen MR) is 347 cm³/mol. The minimum atomic E-state index is -0.657. The van der Waals surface area contributed by atoms with E-state index in [0.29, 0.717) is 25.9 Å². The number of amides is 1. The third kappa shape index (κ3) is 65.6. The predicted octanol–water partition coefficient (Wildman–Crippen LogP) is 23.5. The number of ether oxygens (including phenoxy) is 1. The largest absolute Gasteiger partial charge is 0.466 e. The summed E-state index contributed by atoms with van der Waals surface area (Å²) in [6, 6.07) is -0.534. The Morgan fingerprint density at radius 3 is 0.899 bits per heavy atom. The SMILES string of the molecule is CCCCCCCCC/C=C\CCCCCCCCCC(=O)OCCCCCCCCCCCCCCCCCCCCCCCCCCCCCCCCCCCCCC(=O)NC(CO)C(O)CCCCCCCCCCC. The molecule has 0 saturated heterocycles. The number of allylic oxidation sites excluding steroid dienone is 2. The molecule has 470 valence electrons. The number of carbonyl (C=O) groups is 2. The Morgan fingerprint density at radius 2 is 0.595 bits per heavy atom. The summed E-state index contributed by atoms with van der Waals surface area (Å²) in [7, 11) is 0. The van der Waals surface area contributed by atoms with Crippen LogP contribution in [0.1, 0.15) is 418 Å². The van der Waals surface area contributed by atoms with Crippen LogP contribution in [0.15, 0.2) is 12.2 Å². The summed E-state index contributed by atoms with van der Waals surface area (Å²) in [6.07, 6.45) is 85.9. The second-order valence-electron chi connectivity index (χ2n) is 25.3. The molecule has 79 heavy (non-hydrogen) atoms. The molecule has 0 rings (SSSR count). The maximum absolute atomic E-state index is 12.4. The quantitative estimate of drug-likeness (QED) is 0.0320. The van der Waals surface area contributed by atoms with E-state index >= 15 is 0 Å². The van der Waals surface area contributed by atoms with E-state index in [2.05, 4.69) is 31.3 Å². The molecule has 0 saturated carbocycles. The molecule has 6 heteroatoms. The van der Waals surface area contributed by atoms with Crippen LogP contribution in [0.5, 0.6) is 0 Å². The second kappa shape index (κ2) is 69.1. The number of aliphatic hydroxyl groups is 2. The summed E-state index contributed by atoms with van der Waals surface area (Å²) in [5.41, 5.74) is 0. The van der Waals surface area contributed by atoms with E-state index < -0.39 is 12.1 Å². The van der Waals surface area contributed by atoms with Crippen LogP contribution in [0, 0.1) is 0 Å². The Labute approximate surface area is 495 Å². The van der Waals surface area contributed by atoms with Gasteiger partial charge in [-0.1, -0.05) is 366 Å². The first kappa shape index (κ1) is 77.6. The molecular formula is C73H143NO5. The van der Waals surface area contributed by atoms with Crippen molar-refractivity contribution in [2.24, 2.45) is 0 Å². The molecule has 2 unspecified atom stereocenters. The lowest BCUT2D eigenvalue weighted by Gasteiger charge is -2.22. The molecule has 0 aromatic rings. The standard InChI is InChI=1S/C73H143NO5/c1-3-5-7-9-11-13-14-15-16-17-38-41-44-47-51-55-59-63-67-73(78)79-68-64-60-56-52-48-45-42-39-36-34-32-30-28-26-24-22-20-18-19-21-23-25-27-29-31-33-35-37-40-43-46-50-54-58-62-66-72(77)74-70(69-75)71(76)65-61-57-53-49-12-10-8-6-4-2/h16-17,70-71,75-76H,3-15,18-69H2,1-2H3,(H,74,77)/b17-16-. The zero-order chi connectivity index (χ0) is 57.1. The van der Waals surface area contributed by atoms with Gasteiger partial charge in [0.25, 0.3) is 0 Å². The van der Waals surface area contributed by atoms with Crippen molar-refractivity contribution in [3.05, 3.63) is 12.2 Å². The lowest BCUT2D eigenvalue weighted by Crippen LogP contribution is -2.45. The number of aliphatic hydroxyl groups excluding tert-OH is 2. The smallest absolute Gasteiger partial charge is 0.305 e. The lowest BCUT2D eigenvalue weighted by atomic mass is 10.0. The number of hydrogen-bond donors (Lipinski definition) is 3. The van der Waals surface area contributed by atoms with Crippen LogP contribution in [0.4, 0.5) is 0 Å². The van der Waals surface area contributed by atoms with E-state index in [9.17, 15) is 19.8 Å². The highest BCUT2D eigenvalue weighted by molar-refractivity contribution is 5.76. The second-order valence-corrected chi connectivity index (χ2v) is 25.3. The van der Waals surface area contributed by atoms with Gasteiger partial charge in [-0.2, -0.15) is 0 Å². The normalized spacial score (nSPS) is 12.5. The fourth-order valence-electron chi connectivity index (χ4n) is 11.8. The summed E-state index contributed by atoms with van der Waals surface area (Å²) in [4.78, 5) is 24.5. The zero-order valence-electron chi connectivity index (χ0n) is 53.9. The average molecular weight is 1110 g/mol. The molecule has 0 aliphatic rings. The molecule has 0 aliphatic heterocycles. The van der Waals surface area contributed by atoms with Gasteiger partial charge in [-0.15, -0.1) is 0 Å². The Morgan fingerprint density at radius 1 is 0.342 bits per heavy atom. The molecule has 0 aliphatic carbocycles. The van der Waals surface area contributed by atoms with Gasteiger partial charge in [-0.05, 0) is 51.4 Å². The minimum absolute atomic E-state index is 0.0205. The van der Waals surface area contributed by atoms with Crippen LogP contribution in [-0.2, 0) is 14.3 Å². The first-order valence-corrected chi connectivity index (χ1v) is 36.4. The third-order valence-corrected chi connectivity index (χ3v) is 17.3. The van der Waals surface area contributed by atoms with Crippen molar-refractivity contribution in [2.45, 2.75) is 431 Å². The molecule has 2 atom stereocenters. The molecule has 0 bridgehead atoms. The first-order chi connectivity index (χ1) is 39.0. The molecular weight excluding hydrogens is 971 g/mol. The Balaban J connectivity index is 3.26. The number of nitrogens with one attached hydrogen (secondary N) is 1. The monoisotopic (exact) mass is 1110 g/mol. The molecule has 0 fully saturated rings. The molecule has 0 aromatic carbocycles. The van der Waals surface area contributed by atoms with Crippen LogP contribution in [0.3, 0.4) is 0 Å². The van der Waals surface area contributed by atoms with E-state index in [1.165, 1.54) is 347 Å². The summed E-state index contributed by atoms with van der Waals surface area (Å²) in [5.74, 6) is -0.00933. The number of carbonyl (C=O) groups excluding carboxylic acids is 2. The van der Waals surface area contributed by atoms with Gasteiger partial charge in [0.15, 0.2) is 0 Å². The van der Waals surface area contributed by atoms with E-state index in [-0.39, 0.29) is 18.5 Å². The van der Waals surface area contributed by atoms with Crippen LogP contribution in [0.25, 0.3) is 0 Å². The molecule has 0 radical (unpaired) electrons. The minimum Gasteiger partial charge on any atom is -0.466 e. The topological polar surface area (TPSA) is 95.9 Å². The molecule has 0 heterocycles. The first-order valence-electron chi connectivity index (χ1n) is 36.4. The Kier molecular flexibility index (Phi) is 67.9. The fourth-order valence-corrected chi connectivity index (χ4v) is 11.8. The molecule has 1 amide bonds.